The predicted molar refractivity (Wildman–Crippen MR) is 215 cm³/mol. The van der Waals surface area contributed by atoms with Crippen molar-refractivity contribution in [3.63, 3.8) is 0 Å². The fourth-order valence-corrected chi connectivity index (χ4v) is 6.87. The largest absolute Gasteiger partial charge is 0.444 e. The topological polar surface area (TPSA) is 175 Å². The number of rotatable bonds is 15. The van der Waals surface area contributed by atoms with Crippen molar-refractivity contribution >= 4 is 35.4 Å². The van der Waals surface area contributed by atoms with Crippen molar-refractivity contribution in [1.82, 2.24) is 44.9 Å². The Kier molecular flexibility index (Phi) is 14.7. The van der Waals surface area contributed by atoms with E-state index < -0.39 is 23.5 Å². The summed E-state index contributed by atoms with van der Waals surface area (Å²) in [5.74, 6) is -1.11. The summed E-state index contributed by atoms with van der Waals surface area (Å²) in [5.41, 5.74) is 2.73. The molecule has 4 heterocycles. The molecule has 1 unspecified atom stereocenters. The standard InChI is InChI=1S/C41H58N10O6/c1-7-29-10-9-11-31(22-29)32-24-34(44-35(52)28-50(40(56)57-41(3,4)5)26-30-13-16-47(6)37(54)23-30)38(43-25-32)39(55)42-15-12-33-27-51(46-45-33)17-14-36(53)49-20-18-48(8-2)19-21-49/h9-11,22,24-25,27,30H,7-8,12-21,23,26,28H2,1-6H3,(H,42,55)(H,44,52). The van der Waals surface area contributed by atoms with Crippen LogP contribution in [-0.4, -0.2) is 141 Å². The Bertz CT molecular complexity index is 1880. The highest BCUT2D eigenvalue weighted by Gasteiger charge is 2.31. The van der Waals surface area contributed by atoms with Crippen molar-refractivity contribution in [2.45, 2.75) is 78.9 Å². The number of aryl methyl sites for hydroxylation is 2. The van der Waals surface area contributed by atoms with Crippen LogP contribution >= 0.6 is 0 Å². The second-order valence-corrected chi connectivity index (χ2v) is 15.8. The molecule has 1 atom stereocenters. The number of nitrogens with one attached hydrogen (secondary N) is 2. The summed E-state index contributed by atoms with van der Waals surface area (Å²) in [6, 6.07) is 9.65. The van der Waals surface area contributed by atoms with E-state index in [1.807, 2.05) is 29.2 Å². The summed E-state index contributed by atoms with van der Waals surface area (Å²) in [6.45, 7) is 14.6. The fourth-order valence-electron chi connectivity index (χ4n) is 6.87. The summed E-state index contributed by atoms with van der Waals surface area (Å²) in [7, 11) is 1.75. The molecule has 5 amide bonds. The highest BCUT2D eigenvalue weighted by Crippen LogP contribution is 2.26. The van der Waals surface area contributed by atoms with Gasteiger partial charge in [-0.1, -0.05) is 43.3 Å². The van der Waals surface area contributed by atoms with Crippen LogP contribution in [0.4, 0.5) is 10.5 Å². The van der Waals surface area contributed by atoms with E-state index in [1.165, 1.54) is 4.90 Å². The van der Waals surface area contributed by atoms with Gasteiger partial charge in [-0.3, -0.25) is 28.8 Å². The molecule has 57 heavy (non-hydrogen) atoms. The SMILES string of the molecule is CCc1cccc(-c2cnc(C(=O)NCCc3cn(CCC(=O)N4CCN(CC)CC4)nn3)c(NC(=O)CN(CC3CCN(C)C(=O)C3)C(=O)OC(C)(C)C)c2)c1. The molecule has 2 N–H and O–H groups in total. The lowest BCUT2D eigenvalue weighted by atomic mass is 9.96. The molecule has 0 aliphatic carbocycles. The van der Waals surface area contributed by atoms with Gasteiger partial charge in [-0.25, -0.2) is 9.78 Å². The van der Waals surface area contributed by atoms with Crippen molar-refractivity contribution < 1.29 is 28.7 Å². The van der Waals surface area contributed by atoms with Crippen LogP contribution in [0.5, 0.6) is 0 Å². The summed E-state index contributed by atoms with van der Waals surface area (Å²) >= 11 is 0. The average Bonchev–Trinajstić information content (AvgIpc) is 3.64. The second-order valence-electron chi connectivity index (χ2n) is 15.8. The number of likely N-dealkylation sites (tertiary alicyclic amines) is 1. The first kappa shape index (κ1) is 42.8. The van der Waals surface area contributed by atoms with Gasteiger partial charge < -0.3 is 30.1 Å². The van der Waals surface area contributed by atoms with Gasteiger partial charge in [0, 0.05) is 90.1 Å². The van der Waals surface area contributed by atoms with E-state index in [4.69, 9.17) is 4.74 Å². The molecular weight excluding hydrogens is 729 g/mol. The Balaban J connectivity index is 1.25. The highest BCUT2D eigenvalue weighted by atomic mass is 16.6. The molecule has 0 saturated carbocycles. The van der Waals surface area contributed by atoms with Crippen molar-refractivity contribution in [1.29, 1.82) is 0 Å². The maximum atomic E-state index is 13.7. The third-order valence-electron chi connectivity index (χ3n) is 10.3. The number of hydrogen-bond donors (Lipinski definition) is 2. The molecule has 308 valence electrons. The molecule has 2 aromatic heterocycles. The highest BCUT2D eigenvalue weighted by molar-refractivity contribution is 6.03. The number of likely N-dealkylation sites (N-methyl/N-ethyl adjacent to an activating group) is 1. The summed E-state index contributed by atoms with van der Waals surface area (Å²) in [4.78, 5) is 77.6. The van der Waals surface area contributed by atoms with E-state index in [9.17, 15) is 24.0 Å². The van der Waals surface area contributed by atoms with Crippen LogP contribution in [-0.2, 0) is 38.5 Å². The normalized spacial score (nSPS) is 16.3. The zero-order valence-corrected chi connectivity index (χ0v) is 34.3. The lowest BCUT2D eigenvalue weighted by Crippen LogP contribution is -2.48. The predicted octanol–water partition coefficient (Wildman–Crippen LogP) is 3.47. The van der Waals surface area contributed by atoms with Crippen molar-refractivity contribution in [3.8, 4) is 11.1 Å². The Labute approximate surface area is 335 Å². The number of hydrogen-bond acceptors (Lipinski definition) is 10. The zero-order valence-electron chi connectivity index (χ0n) is 34.3. The quantitative estimate of drug-likeness (QED) is 0.232. The average molecular weight is 787 g/mol. The first-order valence-corrected chi connectivity index (χ1v) is 20.0. The molecule has 2 fully saturated rings. The first-order valence-electron chi connectivity index (χ1n) is 20.0. The number of carbonyl (C=O) groups excluding carboxylic acids is 5. The lowest BCUT2D eigenvalue weighted by molar-refractivity contribution is -0.134. The van der Waals surface area contributed by atoms with Crippen LogP contribution in [0.3, 0.4) is 0 Å². The lowest BCUT2D eigenvalue weighted by Gasteiger charge is -2.34. The Morgan fingerprint density at radius 3 is 2.49 bits per heavy atom. The molecular formula is C41H58N10O6. The monoisotopic (exact) mass is 786 g/mol. The third kappa shape index (κ3) is 12.6. The molecule has 2 aliphatic heterocycles. The zero-order chi connectivity index (χ0) is 41.1. The molecule has 0 radical (unpaired) electrons. The number of aromatic nitrogens is 4. The third-order valence-corrected chi connectivity index (χ3v) is 10.3. The van der Waals surface area contributed by atoms with Gasteiger partial charge >= 0.3 is 6.09 Å². The van der Waals surface area contributed by atoms with Gasteiger partial charge in [-0.2, -0.15) is 0 Å². The van der Waals surface area contributed by atoms with Gasteiger partial charge in [0.2, 0.25) is 17.7 Å². The second kappa shape index (κ2) is 19.7. The van der Waals surface area contributed by atoms with Gasteiger partial charge in [0.1, 0.15) is 12.1 Å². The smallest absolute Gasteiger partial charge is 0.410 e. The van der Waals surface area contributed by atoms with Gasteiger partial charge in [-0.05, 0) is 63.3 Å². The van der Waals surface area contributed by atoms with E-state index in [2.05, 4.69) is 44.7 Å². The van der Waals surface area contributed by atoms with E-state index in [1.54, 1.807) is 55.9 Å². The summed E-state index contributed by atoms with van der Waals surface area (Å²) in [5, 5.41) is 14.1. The maximum Gasteiger partial charge on any atom is 0.410 e. The van der Waals surface area contributed by atoms with E-state index in [-0.39, 0.29) is 55.2 Å². The number of anilines is 1. The van der Waals surface area contributed by atoms with Crippen LogP contribution < -0.4 is 10.6 Å². The Morgan fingerprint density at radius 2 is 1.79 bits per heavy atom. The molecule has 16 heteroatoms. The molecule has 3 aromatic rings. The van der Waals surface area contributed by atoms with Gasteiger partial charge in [0.05, 0.1) is 17.9 Å². The van der Waals surface area contributed by atoms with Gasteiger partial charge in [0.25, 0.3) is 5.91 Å². The van der Waals surface area contributed by atoms with E-state index in [0.717, 1.165) is 50.3 Å². The number of carbonyl (C=O) groups is 5. The van der Waals surface area contributed by atoms with Crippen molar-refractivity contribution in [2.75, 3.05) is 71.3 Å². The van der Waals surface area contributed by atoms with Crippen molar-refractivity contribution in [3.05, 3.63) is 59.7 Å². The summed E-state index contributed by atoms with van der Waals surface area (Å²) in [6.07, 6.45) is 5.19. The molecule has 0 spiro atoms. The van der Waals surface area contributed by atoms with Crippen LogP contribution in [0.25, 0.3) is 11.1 Å². The molecule has 5 rings (SSSR count). The number of pyridine rings is 1. The minimum absolute atomic E-state index is 0.00501. The molecule has 2 saturated heterocycles. The number of ether oxygens (including phenoxy) is 1. The summed E-state index contributed by atoms with van der Waals surface area (Å²) < 4.78 is 7.29. The van der Waals surface area contributed by atoms with Crippen LogP contribution in [0.1, 0.15) is 75.6 Å². The number of nitrogens with zero attached hydrogens (tertiary/aromatic N) is 8. The molecule has 1 aromatic carbocycles. The minimum Gasteiger partial charge on any atom is -0.444 e. The van der Waals surface area contributed by atoms with Crippen LogP contribution in [0, 0.1) is 5.92 Å². The van der Waals surface area contributed by atoms with Crippen LogP contribution in [0.2, 0.25) is 0 Å². The van der Waals surface area contributed by atoms with Gasteiger partial charge in [-0.15, -0.1) is 5.10 Å². The fraction of sp³-hybridized carbons (Fsp3) is 0.561. The molecule has 0 bridgehead atoms. The number of piperazine rings is 1. The molecule has 2 aliphatic rings. The van der Waals surface area contributed by atoms with Crippen LogP contribution in [0.15, 0.2) is 42.7 Å². The number of benzene rings is 1. The molecule has 16 nitrogen and oxygen atoms in total. The van der Waals surface area contributed by atoms with Crippen molar-refractivity contribution in [2.24, 2.45) is 5.92 Å². The first-order chi connectivity index (χ1) is 27.2. The Hall–Kier alpha value is -5.38. The maximum absolute atomic E-state index is 13.7. The number of amides is 5. The van der Waals surface area contributed by atoms with Gasteiger partial charge in [0.15, 0.2) is 5.69 Å². The number of piperidine rings is 1. The van der Waals surface area contributed by atoms with E-state index >= 15 is 0 Å². The van der Waals surface area contributed by atoms with E-state index in [0.29, 0.717) is 43.6 Å². The minimum atomic E-state index is -0.803. The Morgan fingerprint density at radius 1 is 1.02 bits per heavy atom.